The molecule has 0 bridgehead atoms. The molecule has 5 aromatic rings. The van der Waals surface area contributed by atoms with E-state index in [1.807, 2.05) is 56.1 Å². The molecule has 39 heavy (non-hydrogen) atoms. The summed E-state index contributed by atoms with van der Waals surface area (Å²) in [6.07, 6.45) is 19.1. The Balaban J connectivity index is 1.35. The van der Waals surface area contributed by atoms with Crippen LogP contribution in [-0.2, 0) is 0 Å². The summed E-state index contributed by atoms with van der Waals surface area (Å²) < 4.78 is 0. The highest BCUT2D eigenvalue weighted by Gasteiger charge is 2.21. The summed E-state index contributed by atoms with van der Waals surface area (Å²) in [4.78, 5) is 16.9. The largest absolute Gasteiger partial charge is 0.358 e. The van der Waals surface area contributed by atoms with Gasteiger partial charge in [-0.3, -0.25) is 20.1 Å². The van der Waals surface area contributed by atoms with Crippen LogP contribution in [0, 0.1) is 12.8 Å². The molecule has 0 spiro atoms. The van der Waals surface area contributed by atoms with Crippen molar-refractivity contribution in [2.75, 3.05) is 5.32 Å². The molecule has 0 saturated heterocycles. The van der Waals surface area contributed by atoms with Gasteiger partial charge in [0.2, 0.25) is 0 Å². The van der Waals surface area contributed by atoms with Crippen LogP contribution in [-0.4, -0.2) is 30.1 Å². The topological polar surface area (TPSA) is 95.2 Å². The fourth-order valence-corrected chi connectivity index (χ4v) is 5.00. The first-order valence-electron chi connectivity index (χ1n) is 13.3. The van der Waals surface area contributed by atoms with Crippen molar-refractivity contribution in [1.29, 1.82) is 0 Å². The minimum Gasteiger partial charge on any atom is -0.358 e. The number of pyridine rings is 3. The van der Waals surface area contributed by atoms with E-state index in [1.165, 1.54) is 19.3 Å². The predicted molar refractivity (Wildman–Crippen MR) is 158 cm³/mol. The number of hydrogen-bond acceptors (Lipinski definition) is 5. The summed E-state index contributed by atoms with van der Waals surface area (Å²) >= 11 is 0. The molecule has 7 heteroatoms. The van der Waals surface area contributed by atoms with Crippen molar-refractivity contribution in [3.63, 3.8) is 0 Å². The molecule has 3 N–H and O–H groups in total. The van der Waals surface area contributed by atoms with Crippen molar-refractivity contribution < 1.29 is 0 Å². The molecule has 194 valence electrons. The highest BCUT2D eigenvalue weighted by Crippen LogP contribution is 2.35. The molecule has 1 saturated carbocycles. The maximum atomic E-state index is 4.70. The molecule has 0 unspecified atom stereocenters. The number of allylic oxidation sites excluding steroid dienone is 4. The Kier molecular flexibility index (Phi) is 6.63. The first-order chi connectivity index (χ1) is 19.1. The molecule has 7 nitrogen and oxygen atoms in total. The van der Waals surface area contributed by atoms with Gasteiger partial charge in [-0.05, 0) is 74.1 Å². The van der Waals surface area contributed by atoms with Gasteiger partial charge >= 0.3 is 0 Å². The van der Waals surface area contributed by atoms with E-state index in [0.29, 0.717) is 5.92 Å². The lowest BCUT2D eigenvalue weighted by Gasteiger charge is -2.28. The maximum absolute atomic E-state index is 4.70. The zero-order valence-electron chi connectivity index (χ0n) is 22.2. The minimum absolute atomic E-state index is 0.553. The molecular weight excluding hydrogens is 482 g/mol. The van der Waals surface area contributed by atoms with Crippen LogP contribution in [0.5, 0.6) is 0 Å². The van der Waals surface area contributed by atoms with Crippen molar-refractivity contribution in [2.24, 2.45) is 5.92 Å². The average Bonchev–Trinajstić information content (AvgIpc) is 3.51. The van der Waals surface area contributed by atoms with Gasteiger partial charge in [0.25, 0.3) is 0 Å². The van der Waals surface area contributed by atoms with Crippen LogP contribution in [0.25, 0.3) is 39.1 Å². The van der Waals surface area contributed by atoms with Gasteiger partial charge in [0.05, 0.1) is 35.0 Å². The number of fused-ring (bicyclic) bond motifs is 1. The number of aryl methyl sites for hydroxylation is 1. The number of nitrogens with one attached hydrogen (secondary N) is 3. The fourth-order valence-electron chi connectivity index (χ4n) is 5.00. The van der Waals surface area contributed by atoms with E-state index in [9.17, 15) is 0 Å². The highest BCUT2D eigenvalue weighted by molar-refractivity contribution is 5.95. The van der Waals surface area contributed by atoms with Crippen molar-refractivity contribution in [2.45, 2.75) is 33.1 Å². The predicted octanol–water partition coefficient (Wildman–Crippen LogP) is 7.45. The van der Waals surface area contributed by atoms with Crippen LogP contribution in [0.3, 0.4) is 0 Å². The smallest absolute Gasteiger partial charge is 0.116 e. The lowest BCUT2D eigenvalue weighted by molar-refractivity contribution is 0.371. The lowest BCUT2D eigenvalue weighted by atomic mass is 9.83. The molecule has 0 radical (unpaired) electrons. The Morgan fingerprint density at radius 3 is 2.69 bits per heavy atom. The van der Waals surface area contributed by atoms with E-state index >= 15 is 0 Å². The van der Waals surface area contributed by atoms with E-state index in [-0.39, 0.29) is 0 Å². The zero-order chi connectivity index (χ0) is 26.8. The normalized spacial score (nSPS) is 14.2. The van der Waals surface area contributed by atoms with Gasteiger partial charge in [-0.2, -0.15) is 5.10 Å². The summed E-state index contributed by atoms with van der Waals surface area (Å²) in [5.74, 6) is 0.553. The van der Waals surface area contributed by atoms with E-state index in [1.54, 1.807) is 0 Å². The average molecular weight is 514 g/mol. The maximum Gasteiger partial charge on any atom is 0.116 e. The monoisotopic (exact) mass is 513 g/mol. The molecule has 1 fully saturated rings. The molecule has 0 aromatic carbocycles. The molecule has 6 rings (SSSR count). The van der Waals surface area contributed by atoms with Gasteiger partial charge in [0.1, 0.15) is 5.69 Å². The third-order valence-electron chi connectivity index (χ3n) is 7.39. The number of nitrogens with zero attached hydrogens (tertiary/aromatic N) is 4. The standard InChI is InChI=1S/C32H31N7/c1-4-5-9-26(23-10-12-33-13-11-23)27-15-30(37-21(27)3)32-28-16-29(35-19-31(28)38-39-32)24-14-25(18-34-17-24)36-20(2)22-7-6-8-22/h4-5,9-19,22,36-37H,2,6-8H2,1,3H3,(H,38,39)/b5-4-,26-9-. The second-order valence-corrected chi connectivity index (χ2v) is 9.99. The Morgan fingerprint density at radius 2 is 1.92 bits per heavy atom. The van der Waals surface area contributed by atoms with Gasteiger partial charge in [-0.15, -0.1) is 0 Å². The molecule has 5 aromatic heterocycles. The second-order valence-electron chi connectivity index (χ2n) is 9.99. The summed E-state index contributed by atoms with van der Waals surface area (Å²) in [6, 6.07) is 10.4. The summed E-state index contributed by atoms with van der Waals surface area (Å²) in [5.41, 5.74) is 10.9. The molecule has 0 atom stereocenters. The van der Waals surface area contributed by atoms with E-state index < -0.39 is 0 Å². The summed E-state index contributed by atoms with van der Waals surface area (Å²) in [5, 5.41) is 12.2. The number of aromatic nitrogens is 6. The molecule has 0 aliphatic heterocycles. The second kappa shape index (κ2) is 10.5. The van der Waals surface area contributed by atoms with Crippen LogP contribution in [0.4, 0.5) is 5.69 Å². The lowest BCUT2D eigenvalue weighted by Crippen LogP contribution is -2.18. The molecule has 5 heterocycles. The van der Waals surface area contributed by atoms with Crippen molar-refractivity contribution in [3.8, 4) is 22.6 Å². The first kappa shape index (κ1) is 24.6. The van der Waals surface area contributed by atoms with E-state index in [4.69, 9.17) is 4.98 Å². The van der Waals surface area contributed by atoms with Gasteiger partial charge in [-0.1, -0.05) is 31.2 Å². The van der Waals surface area contributed by atoms with Crippen molar-refractivity contribution in [3.05, 3.63) is 109 Å². The van der Waals surface area contributed by atoms with Crippen LogP contribution >= 0.6 is 0 Å². The van der Waals surface area contributed by atoms with Crippen LogP contribution in [0.2, 0.25) is 0 Å². The van der Waals surface area contributed by atoms with Crippen molar-refractivity contribution in [1.82, 2.24) is 30.1 Å². The highest BCUT2D eigenvalue weighted by atomic mass is 15.1. The fraction of sp³-hybridized carbons (Fsp3) is 0.188. The number of H-pyrrole nitrogens is 2. The van der Waals surface area contributed by atoms with Crippen LogP contribution in [0.1, 0.15) is 43.0 Å². The Labute approximate surface area is 227 Å². The summed E-state index contributed by atoms with van der Waals surface area (Å²) in [7, 11) is 0. The Hall–Kier alpha value is -4.78. The van der Waals surface area contributed by atoms with Crippen LogP contribution < -0.4 is 5.32 Å². The number of rotatable bonds is 8. The molecular formula is C32H31N7. The first-order valence-corrected chi connectivity index (χ1v) is 13.3. The quantitative estimate of drug-likeness (QED) is 0.187. The number of aromatic amines is 2. The SMILES string of the molecule is C=C(Nc1cncc(-c2cc3c(-c4cc(/C(=C\C=C/C)c5ccncc5)c(C)[nH]4)n[nH]c3cn2)c1)C1CCC1. The van der Waals surface area contributed by atoms with E-state index in [2.05, 4.69) is 74.3 Å². The third-order valence-corrected chi connectivity index (χ3v) is 7.39. The van der Waals surface area contributed by atoms with Gasteiger partial charge < -0.3 is 10.3 Å². The Morgan fingerprint density at radius 1 is 1.08 bits per heavy atom. The third kappa shape index (κ3) is 4.91. The minimum atomic E-state index is 0.553. The zero-order valence-corrected chi connectivity index (χ0v) is 22.2. The number of anilines is 1. The molecule has 1 aliphatic carbocycles. The molecule has 0 amide bonds. The van der Waals surface area contributed by atoms with Gasteiger partial charge in [0.15, 0.2) is 0 Å². The number of hydrogen-bond donors (Lipinski definition) is 3. The van der Waals surface area contributed by atoms with Gasteiger partial charge in [-0.25, -0.2) is 0 Å². The van der Waals surface area contributed by atoms with Gasteiger partial charge in [0, 0.05) is 46.5 Å². The van der Waals surface area contributed by atoms with E-state index in [0.717, 1.165) is 67.3 Å². The molecule has 1 aliphatic rings. The Bertz CT molecular complexity index is 1700. The summed E-state index contributed by atoms with van der Waals surface area (Å²) in [6.45, 7) is 8.34. The van der Waals surface area contributed by atoms with Crippen molar-refractivity contribution >= 4 is 22.2 Å². The van der Waals surface area contributed by atoms with Crippen LogP contribution in [0.15, 0.2) is 91.8 Å².